The van der Waals surface area contributed by atoms with E-state index >= 15 is 0 Å². The maximum absolute atomic E-state index is 13.7. The molecule has 1 aromatic carbocycles. The normalized spacial score (nSPS) is 9.83. The Bertz CT molecular complexity index is 648. The Morgan fingerprint density at radius 3 is 2.94 bits per heavy atom. The second kappa shape index (κ2) is 5.29. The van der Waals surface area contributed by atoms with Crippen molar-refractivity contribution < 1.29 is 9.18 Å². The molecule has 2 rings (SSSR count). The lowest BCUT2D eigenvalue weighted by Crippen LogP contribution is -2.13. The van der Waals surface area contributed by atoms with Crippen LogP contribution in [0, 0.1) is 17.1 Å². The van der Waals surface area contributed by atoms with Crippen LogP contribution in [-0.2, 0) is 0 Å². The summed E-state index contributed by atoms with van der Waals surface area (Å²) in [4.78, 5) is 11.9. The van der Waals surface area contributed by atoms with Crippen molar-refractivity contribution in [2.45, 2.75) is 0 Å². The van der Waals surface area contributed by atoms with Crippen LogP contribution in [0.4, 0.5) is 9.39 Å². The molecule has 0 unspecified atom stereocenters. The molecule has 0 bridgehead atoms. The largest absolute Gasteiger partial charge is 0.312 e. The number of rotatable bonds is 2. The number of carbonyl (C=O) groups is 1. The Kier molecular flexibility index (Phi) is 3.75. The van der Waals surface area contributed by atoms with Gasteiger partial charge in [-0.25, -0.2) is 4.39 Å². The summed E-state index contributed by atoms with van der Waals surface area (Å²) in [6.07, 6.45) is 0. The van der Waals surface area contributed by atoms with E-state index in [1.165, 1.54) is 23.5 Å². The second-order valence-corrected chi connectivity index (χ2v) is 5.10. The number of halogens is 2. The highest BCUT2D eigenvalue weighted by Crippen LogP contribution is 2.24. The van der Waals surface area contributed by atoms with E-state index in [0.717, 1.165) is 0 Å². The summed E-state index contributed by atoms with van der Waals surface area (Å²) in [6, 6.07) is 8.01. The molecule has 6 heteroatoms. The number of thiophene rings is 1. The van der Waals surface area contributed by atoms with Crippen molar-refractivity contribution in [1.29, 1.82) is 5.26 Å². The monoisotopic (exact) mass is 324 g/mol. The number of amides is 1. The lowest BCUT2D eigenvalue weighted by Gasteiger charge is -2.05. The zero-order valence-electron chi connectivity index (χ0n) is 8.91. The van der Waals surface area contributed by atoms with Gasteiger partial charge in [-0.3, -0.25) is 4.79 Å². The minimum absolute atomic E-state index is 0.0679. The Morgan fingerprint density at radius 2 is 2.22 bits per heavy atom. The van der Waals surface area contributed by atoms with E-state index in [4.69, 9.17) is 5.26 Å². The molecule has 2 aromatic rings. The molecule has 3 nitrogen and oxygen atoms in total. The van der Waals surface area contributed by atoms with E-state index in [1.807, 2.05) is 6.07 Å². The van der Waals surface area contributed by atoms with Crippen molar-refractivity contribution in [1.82, 2.24) is 0 Å². The topological polar surface area (TPSA) is 52.9 Å². The van der Waals surface area contributed by atoms with E-state index in [-0.39, 0.29) is 10.0 Å². The number of hydrogen-bond donors (Lipinski definition) is 1. The fourth-order valence-electron chi connectivity index (χ4n) is 1.34. The van der Waals surface area contributed by atoms with E-state index in [1.54, 1.807) is 17.5 Å². The summed E-state index contributed by atoms with van der Waals surface area (Å²) >= 11 is 4.23. The van der Waals surface area contributed by atoms with Gasteiger partial charge in [0.25, 0.3) is 5.91 Å². The van der Waals surface area contributed by atoms with Gasteiger partial charge < -0.3 is 5.32 Å². The van der Waals surface area contributed by atoms with Crippen molar-refractivity contribution >= 4 is 38.2 Å². The second-order valence-electron chi connectivity index (χ2n) is 3.33. The van der Waals surface area contributed by atoms with Gasteiger partial charge in [-0.05, 0) is 39.5 Å². The predicted octanol–water partition coefficient (Wildman–Crippen LogP) is 3.77. The van der Waals surface area contributed by atoms with Crippen molar-refractivity contribution in [2.75, 3.05) is 5.32 Å². The fraction of sp³-hybridized carbons (Fsp3) is 0. The van der Waals surface area contributed by atoms with Crippen LogP contribution in [0.25, 0.3) is 0 Å². The van der Waals surface area contributed by atoms with E-state index in [9.17, 15) is 9.18 Å². The summed E-state index contributed by atoms with van der Waals surface area (Å²) < 4.78 is 13.9. The van der Waals surface area contributed by atoms with Gasteiger partial charge in [-0.15, -0.1) is 11.3 Å². The molecule has 0 saturated carbocycles. The highest BCUT2D eigenvalue weighted by atomic mass is 79.9. The summed E-state index contributed by atoms with van der Waals surface area (Å²) in [5, 5.41) is 13.4. The fourth-order valence-corrected chi connectivity index (χ4v) is 2.44. The molecular formula is C12H6BrFN2OS. The van der Waals surface area contributed by atoms with Crippen LogP contribution in [0.1, 0.15) is 15.9 Å². The lowest BCUT2D eigenvalue weighted by atomic mass is 10.2. The van der Waals surface area contributed by atoms with Crippen LogP contribution >= 0.6 is 27.3 Å². The van der Waals surface area contributed by atoms with Crippen LogP contribution in [0.15, 0.2) is 34.1 Å². The van der Waals surface area contributed by atoms with Crippen molar-refractivity contribution in [2.24, 2.45) is 0 Å². The standard InChI is InChI=1S/C12H6BrFN2OS/c13-9-3-1-2-8(10(9)14)11(17)16-12-7(6-15)4-5-18-12/h1-5H,(H,16,17). The summed E-state index contributed by atoms with van der Waals surface area (Å²) in [5.41, 5.74) is 0.297. The van der Waals surface area contributed by atoms with Gasteiger partial charge >= 0.3 is 0 Å². The first-order valence-corrected chi connectivity index (χ1v) is 6.53. The van der Waals surface area contributed by atoms with E-state index in [2.05, 4.69) is 21.2 Å². The Balaban J connectivity index is 2.29. The van der Waals surface area contributed by atoms with Crippen LogP contribution in [0.2, 0.25) is 0 Å². The molecule has 1 aromatic heterocycles. The summed E-state index contributed by atoms with van der Waals surface area (Å²) in [5.74, 6) is -1.20. The molecule has 18 heavy (non-hydrogen) atoms. The van der Waals surface area contributed by atoms with Gasteiger partial charge in [0, 0.05) is 0 Å². The van der Waals surface area contributed by atoms with Crippen LogP contribution in [-0.4, -0.2) is 5.91 Å². The van der Waals surface area contributed by atoms with Gasteiger partial charge in [-0.2, -0.15) is 5.26 Å². The predicted molar refractivity (Wildman–Crippen MR) is 71.1 cm³/mol. The number of hydrogen-bond acceptors (Lipinski definition) is 3. The minimum atomic E-state index is -0.620. The molecule has 0 aliphatic heterocycles. The van der Waals surface area contributed by atoms with E-state index < -0.39 is 11.7 Å². The number of carbonyl (C=O) groups excluding carboxylic acids is 1. The van der Waals surface area contributed by atoms with Gasteiger partial charge in [0.15, 0.2) is 0 Å². The Hall–Kier alpha value is -1.71. The highest BCUT2D eigenvalue weighted by molar-refractivity contribution is 9.10. The molecule has 1 N–H and O–H groups in total. The molecule has 0 fully saturated rings. The molecule has 0 aliphatic carbocycles. The first kappa shape index (κ1) is 12.7. The summed E-state index contributed by atoms with van der Waals surface area (Å²) in [7, 11) is 0. The molecule has 1 amide bonds. The Labute approximate surface area is 115 Å². The third-order valence-electron chi connectivity index (χ3n) is 2.21. The number of benzene rings is 1. The molecule has 0 aliphatic rings. The molecule has 0 spiro atoms. The smallest absolute Gasteiger partial charge is 0.259 e. The van der Waals surface area contributed by atoms with Crippen LogP contribution < -0.4 is 5.32 Å². The first-order valence-electron chi connectivity index (χ1n) is 4.86. The molecule has 0 saturated heterocycles. The highest BCUT2D eigenvalue weighted by Gasteiger charge is 2.15. The van der Waals surface area contributed by atoms with Crippen molar-refractivity contribution in [3.05, 3.63) is 51.1 Å². The van der Waals surface area contributed by atoms with E-state index in [0.29, 0.717) is 10.6 Å². The van der Waals surface area contributed by atoms with Crippen LogP contribution in [0.3, 0.4) is 0 Å². The van der Waals surface area contributed by atoms with Gasteiger partial charge in [0.05, 0.1) is 15.6 Å². The SMILES string of the molecule is N#Cc1ccsc1NC(=O)c1cccc(Br)c1F. The lowest BCUT2D eigenvalue weighted by molar-refractivity contribution is 0.102. The molecule has 90 valence electrons. The quantitative estimate of drug-likeness (QED) is 0.914. The van der Waals surface area contributed by atoms with Gasteiger partial charge in [0.2, 0.25) is 0 Å². The average molecular weight is 325 g/mol. The average Bonchev–Trinajstić information content (AvgIpc) is 2.79. The molecule has 0 atom stereocenters. The maximum atomic E-state index is 13.7. The first-order chi connectivity index (χ1) is 8.63. The van der Waals surface area contributed by atoms with Gasteiger partial charge in [-0.1, -0.05) is 6.07 Å². The Morgan fingerprint density at radius 1 is 1.44 bits per heavy atom. The van der Waals surface area contributed by atoms with Gasteiger partial charge in [0.1, 0.15) is 16.9 Å². The van der Waals surface area contributed by atoms with Crippen molar-refractivity contribution in [3.8, 4) is 6.07 Å². The van der Waals surface area contributed by atoms with Crippen molar-refractivity contribution in [3.63, 3.8) is 0 Å². The molecular weight excluding hydrogens is 319 g/mol. The zero-order valence-corrected chi connectivity index (χ0v) is 11.3. The number of nitrogens with zero attached hydrogens (tertiary/aromatic N) is 1. The third-order valence-corrected chi connectivity index (χ3v) is 3.65. The minimum Gasteiger partial charge on any atom is -0.312 e. The third kappa shape index (κ3) is 2.42. The molecule has 0 radical (unpaired) electrons. The summed E-state index contributed by atoms with van der Waals surface area (Å²) in [6.45, 7) is 0. The zero-order chi connectivity index (χ0) is 13.1. The number of anilines is 1. The number of nitrogens with one attached hydrogen (secondary N) is 1. The molecule has 1 heterocycles. The maximum Gasteiger partial charge on any atom is 0.259 e. The van der Waals surface area contributed by atoms with Crippen LogP contribution in [0.5, 0.6) is 0 Å². The number of nitriles is 1.